The normalized spacial score (nSPS) is 24.6. The summed E-state index contributed by atoms with van der Waals surface area (Å²) in [5.74, 6) is 0.633. The fourth-order valence-electron chi connectivity index (χ4n) is 4.70. The van der Waals surface area contributed by atoms with Crippen LogP contribution in [0.25, 0.3) is 0 Å². The molecule has 0 bridgehead atoms. The van der Waals surface area contributed by atoms with E-state index in [1.165, 1.54) is 0 Å². The summed E-state index contributed by atoms with van der Waals surface area (Å²) in [4.78, 5) is 51.9. The summed E-state index contributed by atoms with van der Waals surface area (Å²) in [6, 6.07) is -0.127. The minimum absolute atomic E-state index is 0.0584. The zero-order valence-corrected chi connectivity index (χ0v) is 17.3. The van der Waals surface area contributed by atoms with Crippen molar-refractivity contribution in [1.82, 2.24) is 24.7 Å². The van der Waals surface area contributed by atoms with Gasteiger partial charge in [-0.15, -0.1) is 0 Å². The van der Waals surface area contributed by atoms with E-state index in [4.69, 9.17) is 4.98 Å². The second-order valence-corrected chi connectivity index (χ2v) is 8.27. The summed E-state index contributed by atoms with van der Waals surface area (Å²) in [7, 11) is 0. The monoisotopic (exact) mass is 399 g/mol. The Labute approximate surface area is 171 Å². The maximum atomic E-state index is 13.2. The zero-order valence-electron chi connectivity index (χ0n) is 17.3. The SMILES string of the molecule is CCN1C[C@@H](C(=O)N2CCCC[C@@H]2c2ncc3c(n2)CCN(C(C)=O)C3)CC1=O. The average Bonchev–Trinajstić information content (AvgIpc) is 3.13. The quantitative estimate of drug-likeness (QED) is 0.765. The number of fused-ring (bicyclic) bond motifs is 1. The molecule has 2 atom stereocenters. The van der Waals surface area contributed by atoms with Crippen molar-refractivity contribution < 1.29 is 14.4 Å². The number of hydrogen-bond acceptors (Lipinski definition) is 5. The molecular formula is C21H29N5O3. The third-order valence-corrected chi connectivity index (χ3v) is 6.43. The predicted octanol–water partition coefficient (Wildman–Crippen LogP) is 1.30. The number of carbonyl (C=O) groups is 3. The molecule has 0 saturated carbocycles. The van der Waals surface area contributed by atoms with Crippen molar-refractivity contribution in [1.29, 1.82) is 0 Å². The fraction of sp³-hybridized carbons (Fsp3) is 0.667. The Morgan fingerprint density at radius 2 is 2.07 bits per heavy atom. The lowest BCUT2D eigenvalue weighted by Crippen LogP contribution is -2.43. The summed E-state index contributed by atoms with van der Waals surface area (Å²) in [6.07, 6.45) is 5.70. The molecule has 156 valence electrons. The van der Waals surface area contributed by atoms with Gasteiger partial charge in [-0.3, -0.25) is 14.4 Å². The lowest BCUT2D eigenvalue weighted by Gasteiger charge is -2.37. The first kappa shape index (κ1) is 19.8. The minimum Gasteiger partial charge on any atom is -0.342 e. The summed E-state index contributed by atoms with van der Waals surface area (Å²) >= 11 is 0. The van der Waals surface area contributed by atoms with Crippen molar-refractivity contribution in [3.8, 4) is 0 Å². The van der Waals surface area contributed by atoms with E-state index in [0.29, 0.717) is 51.4 Å². The highest BCUT2D eigenvalue weighted by molar-refractivity contribution is 5.89. The molecule has 2 fully saturated rings. The van der Waals surface area contributed by atoms with Crippen LogP contribution in [0, 0.1) is 5.92 Å². The van der Waals surface area contributed by atoms with Crippen LogP contribution >= 0.6 is 0 Å². The Morgan fingerprint density at radius 3 is 2.79 bits per heavy atom. The second-order valence-electron chi connectivity index (χ2n) is 8.27. The summed E-state index contributed by atoms with van der Waals surface area (Å²) < 4.78 is 0. The van der Waals surface area contributed by atoms with Crippen LogP contribution in [0.4, 0.5) is 0 Å². The van der Waals surface area contributed by atoms with Crippen molar-refractivity contribution in [3.63, 3.8) is 0 Å². The Bertz CT molecular complexity index is 827. The molecule has 8 nitrogen and oxygen atoms in total. The van der Waals surface area contributed by atoms with Gasteiger partial charge >= 0.3 is 0 Å². The maximum Gasteiger partial charge on any atom is 0.228 e. The first-order valence-corrected chi connectivity index (χ1v) is 10.7. The Morgan fingerprint density at radius 1 is 1.24 bits per heavy atom. The molecule has 3 aliphatic rings. The molecule has 0 unspecified atom stereocenters. The maximum absolute atomic E-state index is 13.2. The highest BCUT2D eigenvalue weighted by Gasteiger charge is 2.39. The molecule has 2 saturated heterocycles. The van der Waals surface area contributed by atoms with E-state index in [1.54, 1.807) is 16.7 Å². The van der Waals surface area contributed by atoms with E-state index in [-0.39, 0.29) is 29.7 Å². The number of aromatic nitrogens is 2. The standard InChI is InChI=1S/C21H29N5O3/c1-3-24-12-15(10-19(24)28)21(29)26-8-5-4-6-18(26)20-22-11-16-13-25(14(2)27)9-7-17(16)23-20/h11,15,18H,3-10,12-13H2,1-2H3/t15-,18+/m0/s1. The van der Waals surface area contributed by atoms with Gasteiger partial charge in [0.1, 0.15) is 0 Å². The minimum atomic E-state index is -0.259. The van der Waals surface area contributed by atoms with Crippen molar-refractivity contribution in [3.05, 3.63) is 23.3 Å². The molecule has 3 amide bonds. The molecule has 1 aromatic heterocycles. The van der Waals surface area contributed by atoms with E-state index < -0.39 is 0 Å². The van der Waals surface area contributed by atoms with E-state index in [2.05, 4.69) is 4.98 Å². The molecule has 0 spiro atoms. The molecule has 29 heavy (non-hydrogen) atoms. The molecule has 1 aromatic rings. The number of amides is 3. The van der Waals surface area contributed by atoms with Crippen LogP contribution in [0.3, 0.4) is 0 Å². The Kier molecular flexibility index (Phi) is 5.52. The lowest BCUT2D eigenvalue weighted by atomic mass is 9.97. The van der Waals surface area contributed by atoms with Gasteiger partial charge in [-0.2, -0.15) is 0 Å². The number of rotatable bonds is 3. The molecule has 0 aliphatic carbocycles. The molecule has 3 aliphatic heterocycles. The van der Waals surface area contributed by atoms with Gasteiger partial charge in [0, 0.05) is 64.2 Å². The molecule has 0 N–H and O–H groups in total. The molecule has 4 rings (SSSR count). The van der Waals surface area contributed by atoms with Crippen molar-refractivity contribution in [2.45, 2.75) is 58.5 Å². The van der Waals surface area contributed by atoms with Gasteiger partial charge in [0.2, 0.25) is 17.7 Å². The third-order valence-electron chi connectivity index (χ3n) is 6.43. The van der Waals surface area contributed by atoms with Gasteiger partial charge < -0.3 is 14.7 Å². The summed E-state index contributed by atoms with van der Waals surface area (Å²) in [6.45, 7) is 6.61. The average molecular weight is 399 g/mol. The summed E-state index contributed by atoms with van der Waals surface area (Å²) in [5.41, 5.74) is 1.97. The molecule has 0 radical (unpaired) electrons. The van der Waals surface area contributed by atoms with E-state index >= 15 is 0 Å². The van der Waals surface area contributed by atoms with Crippen LogP contribution in [0.2, 0.25) is 0 Å². The van der Waals surface area contributed by atoms with Gasteiger partial charge in [0.05, 0.1) is 17.7 Å². The van der Waals surface area contributed by atoms with E-state index in [9.17, 15) is 14.4 Å². The first-order valence-electron chi connectivity index (χ1n) is 10.7. The number of carbonyl (C=O) groups excluding carboxylic acids is 3. The topological polar surface area (TPSA) is 86.7 Å². The lowest BCUT2D eigenvalue weighted by molar-refractivity contribution is -0.139. The van der Waals surface area contributed by atoms with Gasteiger partial charge in [-0.1, -0.05) is 0 Å². The number of piperidine rings is 1. The van der Waals surface area contributed by atoms with E-state index in [0.717, 1.165) is 30.5 Å². The van der Waals surface area contributed by atoms with Crippen LogP contribution in [0.1, 0.15) is 62.7 Å². The number of nitrogens with zero attached hydrogens (tertiary/aromatic N) is 5. The van der Waals surface area contributed by atoms with E-state index in [1.807, 2.05) is 18.0 Å². The van der Waals surface area contributed by atoms with Gasteiger partial charge in [0.25, 0.3) is 0 Å². The van der Waals surface area contributed by atoms with Crippen molar-refractivity contribution in [2.75, 3.05) is 26.2 Å². The van der Waals surface area contributed by atoms with Crippen LogP contribution < -0.4 is 0 Å². The van der Waals surface area contributed by atoms with Gasteiger partial charge in [0.15, 0.2) is 5.82 Å². The molecule has 0 aromatic carbocycles. The van der Waals surface area contributed by atoms with Crippen LogP contribution in [-0.4, -0.2) is 68.6 Å². The van der Waals surface area contributed by atoms with Crippen molar-refractivity contribution >= 4 is 17.7 Å². The van der Waals surface area contributed by atoms with Crippen LogP contribution in [0.5, 0.6) is 0 Å². The van der Waals surface area contributed by atoms with Gasteiger partial charge in [-0.25, -0.2) is 9.97 Å². The predicted molar refractivity (Wildman–Crippen MR) is 105 cm³/mol. The number of hydrogen-bond donors (Lipinski definition) is 0. The zero-order chi connectivity index (χ0) is 20.5. The molecular weight excluding hydrogens is 370 g/mol. The smallest absolute Gasteiger partial charge is 0.228 e. The molecule has 4 heterocycles. The highest BCUT2D eigenvalue weighted by Crippen LogP contribution is 2.33. The Balaban J connectivity index is 1.53. The van der Waals surface area contributed by atoms with Gasteiger partial charge in [-0.05, 0) is 26.2 Å². The number of likely N-dealkylation sites (tertiary alicyclic amines) is 2. The largest absolute Gasteiger partial charge is 0.342 e. The third kappa shape index (κ3) is 3.84. The first-order chi connectivity index (χ1) is 14.0. The van der Waals surface area contributed by atoms with Crippen LogP contribution in [0.15, 0.2) is 6.20 Å². The Hall–Kier alpha value is -2.51. The van der Waals surface area contributed by atoms with Crippen LogP contribution in [-0.2, 0) is 27.3 Å². The highest BCUT2D eigenvalue weighted by atomic mass is 16.2. The summed E-state index contributed by atoms with van der Waals surface area (Å²) in [5, 5.41) is 0. The van der Waals surface area contributed by atoms with Crippen molar-refractivity contribution in [2.24, 2.45) is 5.92 Å². The molecule has 8 heteroatoms. The fourth-order valence-corrected chi connectivity index (χ4v) is 4.70. The second kappa shape index (κ2) is 8.08.